The third kappa shape index (κ3) is 7.67. The molecule has 1 fully saturated rings. The minimum absolute atomic E-state index is 0. The summed E-state index contributed by atoms with van der Waals surface area (Å²) in [6.07, 6.45) is 5.43. The number of carbonyl (C=O) groups excluding carboxylic acids is 1. The van der Waals surface area contributed by atoms with Gasteiger partial charge in [-0.15, -0.1) is 24.0 Å². The number of nitrogens with zero attached hydrogens (tertiary/aromatic N) is 1. The van der Waals surface area contributed by atoms with Gasteiger partial charge in [0.25, 0.3) is 0 Å². The first-order valence-electron chi connectivity index (χ1n) is 8.06. The zero-order chi connectivity index (χ0) is 15.6. The van der Waals surface area contributed by atoms with Crippen molar-refractivity contribution in [3.05, 3.63) is 35.9 Å². The normalized spacial score (nSPS) is 14.9. The first-order valence-corrected chi connectivity index (χ1v) is 8.06. The van der Waals surface area contributed by atoms with Crippen molar-refractivity contribution in [1.29, 1.82) is 0 Å². The summed E-state index contributed by atoms with van der Waals surface area (Å²) in [5.41, 5.74) is 1.11. The van der Waals surface area contributed by atoms with Crippen LogP contribution in [0.1, 0.15) is 37.7 Å². The molecule has 23 heavy (non-hydrogen) atoms. The minimum Gasteiger partial charge on any atom is -0.356 e. The van der Waals surface area contributed by atoms with Crippen LogP contribution >= 0.6 is 24.0 Å². The third-order valence-corrected chi connectivity index (χ3v) is 3.90. The van der Waals surface area contributed by atoms with E-state index in [1.54, 1.807) is 7.05 Å². The van der Waals surface area contributed by atoms with Crippen LogP contribution < -0.4 is 16.0 Å². The lowest BCUT2D eigenvalue weighted by atomic mass is 10.2. The molecular weight excluding hydrogens is 403 g/mol. The van der Waals surface area contributed by atoms with Crippen LogP contribution in [0.2, 0.25) is 0 Å². The molecule has 1 aliphatic rings. The fourth-order valence-corrected chi connectivity index (χ4v) is 2.64. The Morgan fingerprint density at radius 2 is 1.87 bits per heavy atom. The van der Waals surface area contributed by atoms with Gasteiger partial charge < -0.3 is 16.0 Å². The molecule has 0 spiro atoms. The number of amides is 1. The average Bonchev–Trinajstić information content (AvgIpc) is 3.06. The topological polar surface area (TPSA) is 65.5 Å². The number of hydrogen-bond donors (Lipinski definition) is 3. The van der Waals surface area contributed by atoms with Gasteiger partial charge in [-0.3, -0.25) is 9.79 Å². The van der Waals surface area contributed by atoms with Gasteiger partial charge in [0.05, 0.1) is 0 Å². The number of carbonyl (C=O) groups is 1. The lowest BCUT2D eigenvalue weighted by molar-refractivity contribution is -0.121. The highest BCUT2D eigenvalue weighted by Crippen LogP contribution is 2.17. The Kier molecular flexibility index (Phi) is 9.66. The van der Waals surface area contributed by atoms with Crippen molar-refractivity contribution >= 4 is 35.8 Å². The van der Waals surface area contributed by atoms with Gasteiger partial charge in [-0.2, -0.15) is 0 Å². The number of rotatable bonds is 6. The summed E-state index contributed by atoms with van der Waals surface area (Å²) in [6.45, 7) is 1.17. The number of guanidine groups is 1. The van der Waals surface area contributed by atoms with E-state index in [1.165, 1.54) is 25.7 Å². The predicted octanol–water partition coefficient (Wildman–Crippen LogP) is 2.42. The Bertz CT molecular complexity index is 487. The second kappa shape index (κ2) is 11.3. The standard InChI is InChI=1S/C17H26N4O.HI/c1-18-17(21-15-9-5-6-10-15)19-12-11-16(22)20-13-14-7-3-2-4-8-14;/h2-4,7-8,15H,5-6,9-13H2,1H3,(H,20,22)(H2,18,19,21);1H. The maximum atomic E-state index is 11.8. The number of benzene rings is 1. The van der Waals surface area contributed by atoms with Crippen LogP contribution in [0.25, 0.3) is 0 Å². The van der Waals surface area contributed by atoms with Crippen molar-refractivity contribution < 1.29 is 4.79 Å². The Morgan fingerprint density at radius 1 is 1.17 bits per heavy atom. The Balaban J connectivity index is 0.00000264. The van der Waals surface area contributed by atoms with Crippen molar-refractivity contribution in [3.8, 4) is 0 Å². The molecule has 0 unspecified atom stereocenters. The molecule has 0 atom stereocenters. The van der Waals surface area contributed by atoms with Crippen molar-refractivity contribution in [2.45, 2.75) is 44.7 Å². The van der Waals surface area contributed by atoms with Crippen molar-refractivity contribution in [2.24, 2.45) is 4.99 Å². The van der Waals surface area contributed by atoms with Crippen LogP contribution in [0, 0.1) is 0 Å². The second-order valence-electron chi connectivity index (χ2n) is 5.64. The highest BCUT2D eigenvalue weighted by molar-refractivity contribution is 14.0. The maximum Gasteiger partial charge on any atom is 0.222 e. The molecule has 128 valence electrons. The van der Waals surface area contributed by atoms with E-state index < -0.39 is 0 Å². The summed E-state index contributed by atoms with van der Waals surface area (Å²) in [5, 5.41) is 9.53. The molecule has 0 saturated heterocycles. The highest BCUT2D eigenvalue weighted by atomic mass is 127. The molecule has 3 N–H and O–H groups in total. The Labute approximate surface area is 155 Å². The lowest BCUT2D eigenvalue weighted by Gasteiger charge is -2.16. The molecule has 0 aromatic heterocycles. The van der Waals surface area contributed by atoms with E-state index in [4.69, 9.17) is 0 Å². The van der Waals surface area contributed by atoms with E-state index >= 15 is 0 Å². The SMILES string of the molecule is CN=C(NCCC(=O)NCc1ccccc1)NC1CCCC1.I. The quantitative estimate of drug-likeness (QED) is 0.369. The van der Waals surface area contributed by atoms with Gasteiger partial charge in [-0.1, -0.05) is 43.2 Å². The summed E-state index contributed by atoms with van der Waals surface area (Å²) in [6, 6.07) is 10.5. The van der Waals surface area contributed by atoms with Crippen LogP contribution in [0.15, 0.2) is 35.3 Å². The minimum atomic E-state index is 0. The molecule has 1 aromatic carbocycles. The van der Waals surface area contributed by atoms with E-state index in [9.17, 15) is 4.79 Å². The first-order chi connectivity index (χ1) is 10.8. The van der Waals surface area contributed by atoms with E-state index in [0.717, 1.165) is 11.5 Å². The van der Waals surface area contributed by atoms with E-state index in [0.29, 0.717) is 25.6 Å². The van der Waals surface area contributed by atoms with Gasteiger partial charge in [0, 0.05) is 32.6 Å². The Morgan fingerprint density at radius 3 is 2.52 bits per heavy atom. The Hall–Kier alpha value is -1.31. The molecule has 0 aliphatic heterocycles. The summed E-state index contributed by atoms with van der Waals surface area (Å²) in [7, 11) is 1.76. The summed E-state index contributed by atoms with van der Waals surface area (Å²) < 4.78 is 0. The molecule has 0 bridgehead atoms. The molecule has 6 heteroatoms. The zero-order valence-electron chi connectivity index (χ0n) is 13.7. The lowest BCUT2D eigenvalue weighted by Crippen LogP contribution is -2.43. The van der Waals surface area contributed by atoms with Crippen LogP contribution in [0.4, 0.5) is 0 Å². The number of hydrogen-bond acceptors (Lipinski definition) is 2. The molecule has 1 aliphatic carbocycles. The number of aliphatic imine (C=N–C) groups is 1. The van der Waals surface area contributed by atoms with E-state index in [-0.39, 0.29) is 29.9 Å². The molecule has 0 radical (unpaired) electrons. The number of halogens is 1. The van der Waals surface area contributed by atoms with Gasteiger partial charge in [0.2, 0.25) is 5.91 Å². The maximum absolute atomic E-state index is 11.8. The van der Waals surface area contributed by atoms with Crippen LogP contribution in [0.3, 0.4) is 0 Å². The molecule has 5 nitrogen and oxygen atoms in total. The molecular formula is C17H27IN4O. The highest BCUT2D eigenvalue weighted by Gasteiger charge is 2.15. The van der Waals surface area contributed by atoms with E-state index in [1.807, 2.05) is 30.3 Å². The largest absolute Gasteiger partial charge is 0.356 e. The average molecular weight is 430 g/mol. The fraction of sp³-hybridized carbons (Fsp3) is 0.529. The van der Waals surface area contributed by atoms with Crippen LogP contribution in [0.5, 0.6) is 0 Å². The van der Waals surface area contributed by atoms with Crippen molar-refractivity contribution in [2.75, 3.05) is 13.6 Å². The van der Waals surface area contributed by atoms with Gasteiger partial charge in [-0.25, -0.2) is 0 Å². The molecule has 1 amide bonds. The van der Waals surface area contributed by atoms with Crippen LogP contribution in [-0.2, 0) is 11.3 Å². The molecule has 1 saturated carbocycles. The fourth-order valence-electron chi connectivity index (χ4n) is 2.64. The van der Waals surface area contributed by atoms with Gasteiger partial charge in [-0.05, 0) is 18.4 Å². The second-order valence-corrected chi connectivity index (χ2v) is 5.64. The van der Waals surface area contributed by atoms with Crippen molar-refractivity contribution in [3.63, 3.8) is 0 Å². The molecule has 1 aromatic rings. The van der Waals surface area contributed by atoms with Gasteiger partial charge in [0.1, 0.15) is 0 Å². The first kappa shape index (κ1) is 19.7. The van der Waals surface area contributed by atoms with Crippen molar-refractivity contribution in [1.82, 2.24) is 16.0 Å². The predicted molar refractivity (Wildman–Crippen MR) is 105 cm³/mol. The third-order valence-electron chi connectivity index (χ3n) is 3.90. The smallest absolute Gasteiger partial charge is 0.222 e. The van der Waals surface area contributed by atoms with Gasteiger partial charge in [0.15, 0.2) is 5.96 Å². The monoisotopic (exact) mass is 430 g/mol. The molecule has 2 rings (SSSR count). The summed E-state index contributed by atoms with van der Waals surface area (Å²) in [5.74, 6) is 0.843. The van der Waals surface area contributed by atoms with E-state index in [2.05, 4.69) is 20.9 Å². The molecule has 0 heterocycles. The number of nitrogens with one attached hydrogen (secondary N) is 3. The van der Waals surface area contributed by atoms with Gasteiger partial charge >= 0.3 is 0 Å². The summed E-state index contributed by atoms with van der Waals surface area (Å²) in [4.78, 5) is 16.0. The summed E-state index contributed by atoms with van der Waals surface area (Å²) >= 11 is 0. The zero-order valence-corrected chi connectivity index (χ0v) is 16.0. The van der Waals surface area contributed by atoms with Crippen LogP contribution in [-0.4, -0.2) is 31.5 Å².